The average Bonchev–Trinajstić information content (AvgIpc) is 3.25. The maximum atomic E-state index is 13.0. The monoisotopic (exact) mass is 506 g/mol. The van der Waals surface area contributed by atoms with Gasteiger partial charge in [-0.1, -0.05) is 42.8 Å². The molecule has 1 aliphatic heterocycles. The number of hydrogen-bond acceptors (Lipinski definition) is 8. The van der Waals surface area contributed by atoms with Crippen molar-refractivity contribution in [3.05, 3.63) is 71.0 Å². The van der Waals surface area contributed by atoms with Gasteiger partial charge in [-0.05, 0) is 61.8 Å². The molecule has 2 aromatic rings. The molecule has 0 radical (unpaired) electrons. The molecule has 1 saturated carbocycles. The fraction of sp³-hybridized carbons (Fsp3) is 0.448. The first-order valence-corrected chi connectivity index (χ1v) is 12.7. The number of carbonyl (C=O) groups is 2. The highest BCUT2D eigenvalue weighted by molar-refractivity contribution is 5.82. The summed E-state index contributed by atoms with van der Waals surface area (Å²) in [5, 5.41) is 22.4. The van der Waals surface area contributed by atoms with Crippen LogP contribution in [0.2, 0.25) is 0 Å². The number of rotatable bonds is 6. The fourth-order valence-corrected chi connectivity index (χ4v) is 6.94. The molecule has 0 aromatic heterocycles. The van der Waals surface area contributed by atoms with Gasteiger partial charge < -0.3 is 29.2 Å². The molecule has 8 heteroatoms. The molecule has 0 saturated heterocycles. The third-order valence-electron chi connectivity index (χ3n) is 8.65. The summed E-state index contributed by atoms with van der Waals surface area (Å²) in [5.41, 5.74) is 0.697. The molecule has 194 valence electrons. The Labute approximate surface area is 214 Å². The van der Waals surface area contributed by atoms with Gasteiger partial charge in [-0.25, -0.2) is 9.59 Å². The molecule has 4 aliphatic rings. The molecule has 2 N–H and O–H groups in total. The maximum absolute atomic E-state index is 13.0. The predicted octanol–water partition coefficient (Wildman–Crippen LogP) is 3.28. The topological polar surface area (TPSA) is 112 Å². The van der Waals surface area contributed by atoms with Gasteiger partial charge in [0, 0.05) is 5.56 Å². The van der Waals surface area contributed by atoms with Crippen molar-refractivity contribution >= 4 is 11.9 Å². The van der Waals surface area contributed by atoms with Crippen LogP contribution >= 0.6 is 0 Å². The van der Waals surface area contributed by atoms with Crippen LogP contribution in [0.3, 0.4) is 0 Å². The quantitative estimate of drug-likeness (QED) is 0.575. The summed E-state index contributed by atoms with van der Waals surface area (Å²) in [6, 6.07) is 12.3. The van der Waals surface area contributed by atoms with Crippen molar-refractivity contribution in [2.75, 3.05) is 7.11 Å². The third-order valence-corrected chi connectivity index (χ3v) is 8.65. The van der Waals surface area contributed by atoms with E-state index in [1.54, 1.807) is 43.5 Å². The maximum Gasteiger partial charge on any atom is 0.352 e. The lowest BCUT2D eigenvalue weighted by atomic mass is 9.47. The fourth-order valence-electron chi connectivity index (χ4n) is 6.94. The standard InChI is InChI=1S/C29H30O8/c1-16(35-27(32)23(30)17-7-4-3-5-8-17)26(31)36-21-12-14-29(33)19-9-6-13-28(29)22-18(15-19)10-11-20(34-2)24(22)37-25(21)28/h3-5,7-8,10-12,16,19,23,25,30,33H,6,9,13-15H2,1-2H3/t16-,19+,23-,25-,28-,29+/m0/s1. The van der Waals surface area contributed by atoms with Gasteiger partial charge in [0.1, 0.15) is 5.76 Å². The Morgan fingerprint density at radius 1 is 1.14 bits per heavy atom. The number of aliphatic hydroxyl groups is 2. The number of hydrogen-bond donors (Lipinski definition) is 2. The first-order valence-electron chi connectivity index (χ1n) is 12.7. The van der Waals surface area contributed by atoms with Gasteiger partial charge in [0.05, 0.1) is 18.1 Å². The molecule has 3 aliphatic carbocycles. The molecule has 6 atom stereocenters. The van der Waals surface area contributed by atoms with Gasteiger partial charge in [0.25, 0.3) is 0 Å². The van der Waals surface area contributed by atoms with Crippen molar-refractivity contribution in [2.45, 2.75) is 68.4 Å². The minimum atomic E-state index is -1.51. The van der Waals surface area contributed by atoms with Crippen LogP contribution in [0.1, 0.15) is 55.4 Å². The van der Waals surface area contributed by atoms with Gasteiger partial charge in [0.2, 0.25) is 0 Å². The first-order chi connectivity index (χ1) is 17.8. The van der Waals surface area contributed by atoms with E-state index in [0.29, 0.717) is 35.7 Å². The highest BCUT2D eigenvalue weighted by Gasteiger charge is 2.71. The Morgan fingerprint density at radius 3 is 2.68 bits per heavy atom. The smallest absolute Gasteiger partial charge is 0.352 e. The van der Waals surface area contributed by atoms with Crippen LogP contribution in [-0.4, -0.2) is 47.1 Å². The number of carbonyl (C=O) groups excluding carboxylic acids is 2. The molecule has 1 heterocycles. The van der Waals surface area contributed by atoms with Gasteiger partial charge in [-0.3, -0.25) is 0 Å². The number of ether oxygens (including phenoxy) is 4. The Morgan fingerprint density at radius 2 is 1.92 bits per heavy atom. The Hall–Kier alpha value is -3.36. The van der Waals surface area contributed by atoms with Crippen molar-refractivity contribution < 1.29 is 38.7 Å². The summed E-state index contributed by atoms with van der Waals surface area (Å²) >= 11 is 0. The van der Waals surface area contributed by atoms with Crippen molar-refractivity contribution in [2.24, 2.45) is 5.92 Å². The minimum Gasteiger partial charge on any atom is -0.493 e. The van der Waals surface area contributed by atoms with E-state index in [1.807, 2.05) is 12.1 Å². The second kappa shape index (κ2) is 8.60. The number of methoxy groups -OCH3 is 1. The largest absolute Gasteiger partial charge is 0.493 e. The lowest BCUT2D eigenvalue weighted by Crippen LogP contribution is -2.67. The lowest BCUT2D eigenvalue weighted by Gasteiger charge is -2.59. The number of esters is 2. The zero-order valence-electron chi connectivity index (χ0n) is 20.8. The molecule has 0 amide bonds. The van der Waals surface area contributed by atoms with E-state index in [2.05, 4.69) is 0 Å². The average molecular weight is 507 g/mol. The van der Waals surface area contributed by atoms with E-state index in [-0.39, 0.29) is 5.92 Å². The highest BCUT2D eigenvalue weighted by atomic mass is 16.6. The molecule has 1 fully saturated rings. The van der Waals surface area contributed by atoms with E-state index in [4.69, 9.17) is 18.9 Å². The van der Waals surface area contributed by atoms with E-state index in [0.717, 1.165) is 30.4 Å². The van der Waals surface area contributed by atoms with Crippen molar-refractivity contribution in [3.8, 4) is 11.5 Å². The van der Waals surface area contributed by atoms with Crippen LogP contribution in [0.15, 0.2) is 54.3 Å². The Balaban J connectivity index is 1.26. The van der Waals surface area contributed by atoms with E-state index < -0.39 is 41.3 Å². The molecule has 1 spiro atoms. The van der Waals surface area contributed by atoms with E-state index >= 15 is 0 Å². The summed E-state index contributed by atoms with van der Waals surface area (Å²) in [4.78, 5) is 25.5. The molecule has 8 nitrogen and oxygen atoms in total. The van der Waals surface area contributed by atoms with Gasteiger partial charge in [-0.2, -0.15) is 0 Å². The summed E-state index contributed by atoms with van der Waals surface area (Å²) in [6.07, 6.45) is 1.89. The Bertz CT molecular complexity index is 1290. The van der Waals surface area contributed by atoms with Gasteiger partial charge >= 0.3 is 11.9 Å². The molecule has 2 aromatic carbocycles. The molecule has 0 unspecified atom stereocenters. The zero-order valence-corrected chi connectivity index (χ0v) is 20.8. The van der Waals surface area contributed by atoms with Crippen molar-refractivity contribution in [1.29, 1.82) is 0 Å². The summed E-state index contributed by atoms with van der Waals surface area (Å²) < 4.78 is 23.1. The summed E-state index contributed by atoms with van der Waals surface area (Å²) in [5.74, 6) is -0.172. The van der Waals surface area contributed by atoms with Crippen LogP contribution in [0.25, 0.3) is 0 Å². The van der Waals surface area contributed by atoms with Crippen LogP contribution in [0.5, 0.6) is 11.5 Å². The third kappa shape index (κ3) is 3.35. The highest BCUT2D eigenvalue weighted by Crippen LogP contribution is 2.67. The van der Waals surface area contributed by atoms with Crippen molar-refractivity contribution in [1.82, 2.24) is 0 Å². The van der Waals surface area contributed by atoms with E-state index in [9.17, 15) is 19.8 Å². The molecule has 37 heavy (non-hydrogen) atoms. The second-order valence-corrected chi connectivity index (χ2v) is 10.4. The van der Waals surface area contributed by atoms with Crippen LogP contribution in [0, 0.1) is 5.92 Å². The molecular weight excluding hydrogens is 476 g/mol. The van der Waals surface area contributed by atoms with E-state index in [1.165, 1.54) is 6.92 Å². The zero-order chi connectivity index (χ0) is 25.9. The second-order valence-electron chi connectivity index (χ2n) is 10.4. The minimum absolute atomic E-state index is 0.0760. The molecular formula is C29H30O8. The van der Waals surface area contributed by atoms with Crippen LogP contribution in [-0.2, 0) is 30.9 Å². The molecule has 6 rings (SSSR count). The summed E-state index contributed by atoms with van der Waals surface area (Å²) in [7, 11) is 1.58. The van der Waals surface area contributed by atoms with Crippen LogP contribution < -0.4 is 9.47 Å². The number of benzene rings is 2. The normalized spacial score (nSPS) is 30.2. The van der Waals surface area contributed by atoms with Gasteiger partial charge in [0.15, 0.2) is 29.8 Å². The Kier molecular flexibility index (Phi) is 5.58. The number of aliphatic hydroxyl groups excluding tert-OH is 1. The predicted molar refractivity (Wildman–Crippen MR) is 131 cm³/mol. The SMILES string of the molecule is COc1ccc2c3c1O[C@H]1C(OC(=O)[C@H](C)OC(=O)[C@@H](O)c4ccccc4)=CC[C@@]4(O)[C@H](CCC[C@]314)C2. The van der Waals surface area contributed by atoms with Crippen molar-refractivity contribution in [3.63, 3.8) is 0 Å². The van der Waals surface area contributed by atoms with Crippen LogP contribution in [0.4, 0.5) is 0 Å². The van der Waals surface area contributed by atoms with Gasteiger partial charge in [-0.15, -0.1) is 0 Å². The summed E-state index contributed by atoms with van der Waals surface area (Å²) in [6.45, 7) is 1.40. The molecule has 2 bridgehead atoms. The first kappa shape index (κ1) is 24.0. The lowest BCUT2D eigenvalue weighted by molar-refractivity contribution is -0.175.